The molecule has 0 spiro atoms. The maximum Gasteiger partial charge on any atom is 0.303 e. The molecule has 2 N–H and O–H groups in total. The van der Waals surface area contributed by atoms with E-state index in [1.165, 1.54) is 12.8 Å². The van der Waals surface area contributed by atoms with Crippen molar-refractivity contribution in [1.29, 1.82) is 0 Å². The van der Waals surface area contributed by atoms with Crippen molar-refractivity contribution in [3.63, 3.8) is 0 Å². The quantitative estimate of drug-likeness (QED) is 0.697. The second-order valence-corrected chi connectivity index (χ2v) is 3.87. The van der Waals surface area contributed by atoms with Crippen molar-refractivity contribution in [3.05, 3.63) is 0 Å². The summed E-state index contributed by atoms with van der Waals surface area (Å²) < 4.78 is 0. The normalized spacial score (nSPS) is 25.5. The molecule has 76 valence electrons. The van der Waals surface area contributed by atoms with Crippen LogP contribution >= 0.6 is 0 Å². The van der Waals surface area contributed by atoms with Gasteiger partial charge in [0.25, 0.3) is 0 Å². The first-order chi connectivity index (χ1) is 6.24. The third-order valence-corrected chi connectivity index (χ3v) is 2.96. The molecule has 0 saturated carbocycles. The predicted octanol–water partition coefficient (Wildman–Crippen LogP) is 1.49. The van der Waals surface area contributed by atoms with Crippen molar-refractivity contribution in [2.45, 2.75) is 32.6 Å². The summed E-state index contributed by atoms with van der Waals surface area (Å²) in [5.41, 5.74) is 0. The molecule has 0 unspecified atom stereocenters. The standard InChI is InChI=1S/C10H19NO2/c1-2-8(6-10(12)13)9-4-3-5-11-7-9/h8-9,11H,2-7H2,1H3,(H,12,13)/t8-,9+/m0/s1. The molecule has 0 aromatic carbocycles. The van der Waals surface area contributed by atoms with Crippen LogP contribution in [0, 0.1) is 11.8 Å². The van der Waals surface area contributed by atoms with Crippen molar-refractivity contribution in [2.24, 2.45) is 11.8 Å². The van der Waals surface area contributed by atoms with Gasteiger partial charge in [-0.3, -0.25) is 4.79 Å². The van der Waals surface area contributed by atoms with Crippen LogP contribution in [0.4, 0.5) is 0 Å². The van der Waals surface area contributed by atoms with Crippen LogP contribution in [0.3, 0.4) is 0 Å². The molecule has 0 aromatic rings. The van der Waals surface area contributed by atoms with Crippen LogP contribution < -0.4 is 5.32 Å². The SMILES string of the molecule is CC[C@@H](CC(=O)O)[C@@H]1CCCNC1. The van der Waals surface area contributed by atoms with E-state index in [1.54, 1.807) is 0 Å². The van der Waals surface area contributed by atoms with Crippen LogP contribution in [0.1, 0.15) is 32.6 Å². The molecule has 2 atom stereocenters. The topological polar surface area (TPSA) is 49.3 Å². The summed E-state index contributed by atoms with van der Waals surface area (Å²) in [4.78, 5) is 10.6. The van der Waals surface area contributed by atoms with Crippen LogP contribution in [0.15, 0.2) is 0 Å². The Kier molecular flexibility index (Phi) is 4.22. The van der Waals surface area contributed by atoms with Gasteiger partial charge in [0, 0.05) is 6.42 Å². The van der Waals surface area contributed by atoms with E-state index in [9.17, 15) is 4.79 Å². The van der Waals surface area contributed by atoms with E-state index < -0.39 is 5.97 Å². The molecule has 3 nitrogen and oxygen atoms in total. The third kappa shape index (κ3) is 3.35. The fourth-order valence-corrected chi connectivity index (χ4v) is 2.15. The van der Waals surface area contributed by atoms with E-state index in [1.807, 2.05) is 0 Å². The van der Waals surface area contributed by atoms with Gasteiger partial charge in [0.2, 0.25) is 0 Å². The van der Waals surface area contributed by atoms with Crippen molar-refractivity contribution >= 4 is 5.97 Å². The minimum Gasteiger partial charge on any atom is -0.481 e. The zero-order valence-corrected chi connectivity index (χ0v) is 8.25. The van der Waals surface area contributed by atoms with Gasteiger partial charge in [-0.2, -0.15) is 0 Å². The van der Waals surface area contributed by atoms with E-state index in [2.05, 4.69) is 12.2 Å². The Morgan fingerprint density at radius 3 is 2.92 bits per heavy atom. The van der Waals surface area contributed by atoms with Crippen LogP contribution in [0.25, 0.3) is 0 Å². The van der Waals surface area contributed by atoms with Crippen molar-refractivity contribution in [1.82, 2.24) is 5.32 Å². The largest absolute Gasteiger partial charge is 0.481 e. The molecule has 1 aliphatic heterocycles. The Labute approximate surface area is 79.5 Å². The average molecular weight is 185 g/mol. The van der Waals surface area contributed by atoms with E-state index in [0.717, 1.165) is 19.5 Å². The molecular formula is C10H19NO2. The van der Waals surface area contributed by atoms with Gasteiger partial charge in [-0.05, 0) is 37.8 Å². The number of nitrogens with one attached hydrogen (secondary N) is 1. The van der Waals surface area contributed by atoms with Gasteiger partial charge in [0.15, 0.2) is 0 Å². The lowest BCUT2D eigenvalue weighted by Crippen LogP contribution is -2.34. The fraction of sp³-hybridized carbons (Fsp3) is 0.900. The number of hydrogen-bond acceptors (Lipinski definition) is 2. The zero-order chi connectivity index (χ0) is 9.68. The van der Waals surface area contributed by atoms with Crippen molar-refractivity contribution < 1.29 is 9.90 Å². The van der Waals surface area contributed by atoms with Crippen LogP contribution in [0.2, 0.25) is 0 Å². The highest BCUT2D eigenvalue weighted by Crippen LogP contribution is 2.25. The molecule has 1 heterocycles. The van der Waals surface area contributed by atoms with Crippen LogP contribution in [0.5, 0.6) is 0 Å². The Morgan fingerprint density at radius 1 is 1.69 bits per heavy atom. The number of carboxylic acid groups (broad SMARTS) is 1. The Bertz CT molecular complexity index is 164. The van der Waals surface area contributed by atoms with Crippen molar-refractivity contribution in [3.8, 4) is 0 Å². The Hall–Kier alpha value is -0.570. The maximum atomic E-state index is 10.6. The minimum absolute atomic E-state index is 0.336. The summed E-state index contributed by atoms with van der Waals surface area (Å²) in [5.74, 6) is 0.289. The number of carboxylic acids is 1. The molecule has 0 aromatic heterocycles. The Balaban J connectivity index is 2.39. The second kappa shape index (κ2) is 5.22. The maximum absolute atomic E-state index is 10.6. The van der Waals surface area contributed by atoms with Crippen molar-refractivity contribution in [2.75, 3.05) is 13.1 Å². The van der Waals surface area contributed by atoms with Gasteiger partial charge in [-0.25, -0.2) is 0 Å². The summed E-state index contributed by atoms with van der Waals surface area (Å²) in [7, 11) is 0. The van der Waals surface area contributed by atoms with E-state index in [-0.39, 0.29) is 0 Å². The molecule has 0 amide bonds. The molecule has 1 rings (SSSR count). The van der Waals surface area contributed by atoms with E-state index in [4.69, 9.17) is 5.11 Å². The first-order valence-electron chi connectivity index (χ1n) is 5.16. The van der Waals surface area contributed by atoms with E-state index >= 15 is 0 Å². The lowest BCUT2D eigenvalue weighted by molar-refractivity contribution is -0.138. The van der Waals surface area contributed by atoms with Crippen LogP contribution in [-0.4, -0.2) is 24.2 Å². The summed E-state index contributed by atoms with van der Waals surface area (Å²) in [6, 6.07) is 0. The molecule has 0 radical (unpaired) electrons. The number of rotatable bonds is 4. The van der Waals surface area contributed by atoms with Gasteiger partial charge in [0.05, 0.1) is 0 Å². The first kappa shape index (κ1) is 10.5. The molecule has 0 bridgehead atoms. The lowest BCUT2D eigenvalue weighted by Gasteiger charge is -2.29. The monoisotopic (exact) mass is 185 g/mol. The summed E-state index contributed by atoms with van der Waals surface area (Å²) >= 11 is 0. The molecule has 1 fully saturated rings. The number of aliphatic carboxylic acids is 1. The average Bonchev–Trinajstić information content (AvgIpc) is 2.15. The summed E-state index contributed by atoms with van der Waals surface area (Å²) in [6.45, 7) is 4.19. The molecule has 1 aliphatic rings. The van der Waals surface area contributed by atoms with Gasteiger partial charge >= 0.3 is 5.97 Å². The predicted molar refractivity (Wildman–Crippen MR) is 51.6 cm³/mol. The highest BCUT2D eigenvalue weighted by atomic mass is 16.4. The van der Waals surface area contributed by atoms with Gasteiger partial charge in [-0.15, -0.1) is 0 Å². The highest BCUT2D eigenvalue weighted by Gasteiger charge is 2.23. The Morgan fingerprint density at radius 2 is 2.46 bits per heavy atom. The molecule has 0 aliphatic carbocycles. The number of piperidine rings is 1. The second-order valence-electron chi connectivity index (χ2n) is 3.87. The number of carbonyl (C=O) groups is 1. The lowest BCUT2D eigenvalue weighted by atomic mass is 9.82. The highest BCUT2D eigenvalue weighted by molar-refractivity contribution is 5.67. The molecular weight excluding hydrogens is 166 g/mol. The smallest absolute Gasteiger partial charge is 0.303 e. The number of hydrogen-bond donors (Lipinski definition) is 2. The molecule has 13 heavy (non-hydrogen) atoms. The van der Waals surface area contributed by atoms with Crippen LogP contribution in [-0.2, 0) is 4.79 Å². The fourth-order valence-electron chi connectivity index (χ4n) is 2.15. The molecule has 1 saturated heterocycles. The van der Waals surface area contributed by atoms with Gasteiger partial charge in [-0.1, -0.05) is 13.3 Å². The summed E-state index contributed by atoms with van der Waals surface area (Å²) in [6.07, 6.45) is 3.71. The third-order valence-electron chi connectivity index (χ3n) is 2.96. The molecule has 3 heteroatoms. The zero-order valence-electron chi connectivity index (χ0n) is 8.25. The van der Waals surface area contributed by atoms with Gasteiger partial charge < -0.3 is 10.4 Å². The first-order valence-corrected chi connectivity index (χ1v) is 5.16. The minimum atomic E-state index is -0.655. The van der Waals surface area contributed by atoms with E-state index in [0.29, 0.717) is 18.3 Å². The van der Waals surface area contributed by atoms with Gasteiger partial charge in [0.1, 0.15) is 0 Å². The summed E-state index contributed by atoms with van der Waals surface area (Å²) in [5, 5.41) is 12.1.